The van der Waals surface area contributed by atoms with Crippen LogP contribution in [-0.2, 0) is 4.79 Å². The zero-order valence-corrected chi connectivity index (χ0v) is 25.2. The van der Waals surface area contributed by atoms with Gasteiger partial charge in [-0.25, -0.2) is 0 Å². The normalized spacial score (nSPS) is 33.7. The molecule has 2 nitrogen and oxygen atoms in total. The van der Waals surface area contributed by atoms with E-state index in [1.54, 1.807) is 25.7 Å². The first kappa shape index (κ1) is 32.2. The molecule has 0 aromatic heterocycles. The Kier molecular flexibility index (Phi) is 14.9. The lowest BCUT2D eigenvalue weighted by molar-refractivity contribution is -0.134. The van der Waals surface area contributed by atoms with Gasteiger partial charge in [-0.15, -0.1) is 0 Å². The first-order valence-electron chi connectivity index (χ1n) is 15.5. The van der Waals surface area contributed by atoms with Gasteiger partial charge in [-0.1, -0.05) is 99.1 Å². The third-order valence-electron chi connectivity index (χ3n) is 9.56. The first-order valence-corrected chi connectivity index (χ1v) is 15.5. The summed E-state index contributed by atoms with van der Waals surface area (Å²) in [4.78, 5) is 9.00. The van der Waals surface area contributed by atoms with Gasteiger partial charge in [0.1, 0.15) is 0 Å². The molecule has 0 amide bonds. The second kappa shape index (κ2) is 16.1. The van der Waals surface area contributed by atoms with E-state index in [2.05, 4.69) is 47.6 Å². The Morgan fingerprint density at radius 2 is 1.63 bits per heavy atom. The third kappa shape index (κ3) is 8.92. The van der Waals surface area contributed by atoms with Crippen molar-refractivity contribution in [3.8, 4) is 0 Å². The molecule has 0 heterocycles. The third-order valence-corrected chi connectivity index (χ3v) is 9.56. The van der Waals surface area contributed by atoms with Gasteiger partial charge in [0, 0.05) is 8.35 Å². The molecule has 0 bridgehead atoms. The summed E-state index contributed by atoms with van der Waals surface area (Å²) < 4.78 is 0. The molecule has 2 heteroatoms. The molecule has 0 radical (unpaired) electrons. The van der Waals surface area contributed by atoms with Gasteiger partial charge < -0.3 is 5.11 Å². The fourth-order valence-electron chi connectivity index (χ4n) is 8.16. The number of carboxylic acid groups (broad SMARTS) is 1. The molecule has 7 atom stereocenters. The van der Waals surface area contributed by atoms with E-state index >= 15 is 0 Å². The molecule has 2 unspecified atom stereocenters. The van der Waals surface area contributed by atoms with Crippen molar-refractivity contribution in [1.29, 1.82) is 0 Å². The van der Waals surface area contributed by atoms with Crippen molar-refractivity contribution in [2.24, 2.45) is 46.8 Å². The van der Waals surface area contributed by atoms with Crippen LogP contribution < -0.4 is 0 Å². The van der Waals surface area contributed by atoms with Crippen LogP contribution >= 0.6 is 0 Å². The van der Waals surface area contributed by atoms with Gasteiger partial charge in [0.15, 0.2) is 0 Å². The maximum atomic E-state index is 9.00. The lowest BCUT2D eigenvalue weighted by atomic mass is 9.50. The van der Waals surface area contributed by atoms with Crippen molar-refractivity contribution >= 4 is 5.97 Å². The Hall–Kier alpha value is -0.790. The van der Waals surface area contributed by atoms with Crippen LogP contribution in [0.1, 0.15) is 147 Å². The summed E-state index contributed by atoms with van der Waals surface area (Å²) in [6, 6.07) is 0. The number of aliphatic carboxylic acids is 1. The molecular formula is C33H64O2. The summed E-state index contributed by atoms with van der Waals surface area (Å²) in [7, 11) is 0. The minimum absolute atomic E-state index is 0. The van der Waals surface area contributed by atoms with E-state index in [0.29, 0.717) is 5.41 Å². The van der Waals surface area contributed by atoms with Crippen LogP contribution in [0.25, 0.3) is 0 Å². The van der Waals surface area contributed by atoms with E-state index < -0.39 is 5.97 Å². The topological polar surface area (TPSA) is 37.3 Å². The second-order valence-electron chi connectivity index (χ2n) is 12.5. The van der Waals surface area contributed by atoms with Crippen LogP contribution in [0.4, 0.5) is 0 Å². The molecule has 0 aromatic carbocycles. The van der Waals surface area contributed by atoms with Gasteiger partial charge in [-0.05, 0) is 98.2 Å². The maximum absolute atomic E-state index is 9.00. The highest BCUT2D eigenvalue weighted by Crippen LogP contribution is 2.62. The molecule has 0 aromatic rings. The lowest BCUT2D eigenvalue weighted by Crippen LogP contribution is -2.46. The molecule has 0 spiro atoms. The predicted octanol–water partition coefficient (Wildman–Crippen LogP) is 10.8. The molecule has 0 saturated heterocycles. The lowest BCUT2D eigenvalue weighted by Gasteiger charge is -2.55. The Bertz CT molecular complexity index is 623. The largest absolute Gasteiger partial charge is 0.481 e. The van der Waals surface area contributed by atoms with E-state index in [1.165, 1.54) is 57.8 Å². The van der Waals surface area contributed by atoms with Gasteiger partial charge in [-0.3, -0.25) is 4.79 Å². The van der Waals surface area contributed by atoms with Crippen LogP contribution in [0.5, 0.6) is 0 Å². The van der Waals surface area contributed by atoms with Crippen LogP contribution in [0.2, 0.25) is 0 Å². The fourth-order valence-corrected chi connectivity index (χ4v) is 8.16. The Balaban J connectivity index is 0.00000108. The number of carbonyl (C=O) groups is 1. The van der Waals surface area contributed by atoms with E-state index in [9.17, 15) is 0 Å². The minimum atomic E-state index is -0.833. The number of allylic oxidation sites excluding steroid dienone is 2. The van der Waals surface area contributed by atoms with Crippen LogP contribution in [0.15, 0.2) is 11.6 Å². The molecule has 3 saturated carbocycles. The van der Waals surface area contributed by atoms with Gasteiger partial charge in [0.05, 0.1) is 0 Å². The first-order chi connectivity index (χ1) is 16.7. The molecule has 0 aliphatic heterocycles. The SMILES string of the molecule is CC.CC(=O)O.CC(C)CCC[C@@H](C)[C@H]1CC[C@@H]2C1CC[C@H]1C2CC=C2CCCC[C@@]21C.CCC.[HH]. The van der Waals surface area contributed by atoms with Crippen LogP contribution in [0.3, 0.4) is 0 Å². The van der Waals surface area contributed by atoms with Crippen molar-refractivity contribution in [1.82, 2.24) is 0 Å². The van der Waals surface area contributed by atoms with Crippen LogP contribution in [0, 0.1) is 46.8 Å². The van der Waals surface area contributed by atoms with Crippen molar-refractivity contribution in [2.45, 2.75) is 146 Å². The summed E-state index contributed by atoms with van der Waals surface area (Å²) in [5, 5.41) is 7.42. The summed E-state index contributed by atoms with van der Waals surface area (Å²) in [5.41, 5.74) is 2.47. The predicted molar refractivity (Wildman–Crippen MR) is 156 cm³/mol. The monoisotopic (exact) mass is 492 g/mol. The number of rotatable bonds is 5. The summed E-state index contributed by atoms with van der Waals surface area (Å²) in [6.07, 6.45) is 21.9. The average molecular weight is 493 g/mol. The highest BCUT2D eigenvalue weighted by Gasteiger charge is 2.53. The molecule has 3 fully saturated rings. The van der Waals surface area contributed by atoms with E-state index in [4.69, 9.17) is 9.90 Å². The Morgan fingerprint density at radius 3 is 2.23 bits per heavy atom. The van der Waals surface area contributed by atoms with Crippen molar-refractivity contribution in [2.75, 3.05) is 0 Å². The fraction of sp³-hybridized carbons (Fsp3) is 0.909. The van der Waals surface area contributed by atoms with Gasteiger partial charge in [0.25, 0.3) is 5.97 Å². The maximum Gasteiger partial charge on any atom is 0.300 e. The summed E-state index contributed by atoms with van der Waals surface area (Å²) in [6.45, 7) is 19.4. The molecular weight excluding hydrogens is 428 g/mol. The molecule has 1 N–H and O–H groups in total. The number of hydrogen-bond acceptors (Lipinski definition) is 1. The quantitative estimate of drug-likeness (QED) is 0.387. The second-order valence-corrected chi connectivity index (χ2v) is 12.5. The van der Waals surface area contributed by atoms with Crippen molar-refractivity contribution < 1.29 is 11.3 Å². The van der Waals surface area contributed by atoms with E-state index in [0.717, 1.165) is 48.3 Å². The smallest absolute Gasteiger partial charge is 0.300 e. The Labute approximate surface area is 221 Å². The van der Waals surface area contributed by atoms with Gasteiger partial charge in [-0.2, -0.15) is 0 Å². The molecule has 4 aliphatic rings. The highest BCUT2D eigenvalue weighted by molar-refractivity contribution is 5.62. The highest BCUT2D eigenvalue weighted by atomic mass is 16.4. The number of hydrogen-bond donors (Lipinski definition) is 1. The molecule has 4 rings (SSSR count). The Morgan fingerprint density at radius 1 is 1.03 bits per heavy atom. The molecule has 4 aliphatic carbocycles. The van der Waals surface area contributed by atoms with Crippen LogP contribution in [-0.4, -0.2) is 11.1 Å². The molecule has 35 heavy (non-hydrogen) atoms. The van der Waals surface area contributed by atoms with Gasteiger partial charge >= 0.3 is 0 Å². The zero-order valence-electron chi connectivity index (χ0n) is 25.2. The molecule has 208 valence electrons. The standard InChI is InChI=1S/C26H44.C3H8.C2H4O2.C2H6.H2/c1-18(2)8-7-9-19(3)21-13-14-23-22(21)15-16-25-24(23)12-11-20-10-5-6-17-26(20,25)4;1-3-2;1-2(3)4;1-2;/h11,18-19,21-25H,5-10,12-17H2,1-4H3;3H2,1-2H3;1H3,(H,3,4);1-2H3;1H/t19-,21-,22?,23-,24?,25+,26+;;;;/m1..../s1. The zero-order chi connectivity index (χ0) is 26.6. The summed E-state index contributed by atoms with van der Waals surface area (Å²) in [5.74, 6) is 6.29. The minimum Gasteiger partial charge on any atom is -0.481 e. The van der Waals surface area contributed by atoms with E-state index in [1.807, 2.05) is 19.4 Å². The number of carboxylic acids is 1. The average Bonchev–Trinajstić information content (AvgIpc) is 3.24. The summed E-state index contributed by atoms with van der Waals surface area (Å²) >= 11 is 0. The van der Waals surface area contributed by atoms with E-state index in [-0.39, 0.29) is 1.43 Å². The van der Waals surface area contributed by atoms with Gasteiger partial charge in [0.2, 0.25) is 0 Å². The van der Waals surface area contributed by atoms with Crippen molar-refractivity contribution in [3.05, 3.63) is 11.6 Å². The van der Waals surface area contributed by atoms with Crippen molar-refractivity contribution in [3.63, 3.8) is 0 Å². The number of fused-ring (bicyclic) bond motifs is 5.